The minimum Gasteiger partial charge on any atom is -0.480 e. The first-order chi connectivity index (χ1) is 29.3. The van der Waals surface area contributed by atoms with Gasteiger partial charge in [0.05, 0.1) is 51.5 Å². The Balaban J connectivity index is 2.23. The molecule has 0 saturated carbocycles. The third-order valence-corrected chi connectivity index (χ3v) is 10.6. The first-order valence-corrected chi connectivity index (χ1v) is 21.4. The molecule has 0 aromatic carbocycles. The van der Waals surface area contributed by atoms with Crippen molar-refractivity contribution in [1.82, 2.24) is 44.1 Å². The quantitative estimate of drug-likeness (QED) is 0.0341. The van der Waals surface area contributed by atoms with Gasteiger partial charge in [0, 0.05) is 135 Å². The number of carbonyl (C=O) groups is 6. The molecule has 0 spiro atoms. The zero-order chi connectivity index (χ0) is 46.2. The topological polar surface area (TPSA) is 340 Å². The van der Waals surface area contributed by atoms with Gasteiger partial charge in [-0.25, -0.2) is 0 Å². The third kappa shape index (κ3) is 26.1. The largest absolute Gasteiger partial charge is 0.696 e. The molecule has 356 valence electrons. The van der Waals surface area contributed by atoms with E-state index < -0.39 is 63.0 Å². The molecule has 26 nitrogen and oxygen atoms in total. The van der Waals surface area contributed by atoms with E-state index in [0.717, 1.165) is 0 Å². The highest BCUT2D eigenvalue weighted by Crippen LogP contribution is 2.15. The minimum atomic E-state index is -3.08. The van der Waals surface area contributed by atoms with Crippen molar-refractivity contribution in [2.24, 2.45) is 0 Å². The van der Waals surface area contributed by atoms with Crippen LogP contribution in [0.3, 0.4) is 0 Å². The maximum atomic E-state index is 11.7. The van der Waals surface area contributed by atoms with E-state index in [1.807, 2.05) is 9.80 Å². The molecule has 2 fully saturated rings. The number of aliphatic carboxylic acids is 6. The smallest absolute Gasteiger partial charge is 0.480 e. The van der Waals surface area contributed by atoms with Crippen LogP contribution in [0.1, 0.15) is 0 Å². The Morgan fingerprint density at radius 2 is 0.613 bits per heavy atom. The molecule has 2 heterocycles. The van der Waals surface area contributed by atoms with Crippen LogP contribution in [0.25, 0.3) is 0 Å². The van der Waals surface area contributed by atoms with Gasteiger partial charge in [-0.3, -0.25) is 72.9 Å². The lowest BCUT2D eigenvalue weighted by Crippen LogP contribution is -2.51. The Bertz CT molecular complexity index is 1280. The van der Waals surface area contributed by atoms with Crippen molar-refractivity contribution in [3.8, 4) is 0 Å². The van der Waals surface area contributed by atoms with Gasteiger partial charge in [-0.1, -0.05) is 0 Å². The summed E-state index contributed by atoms with van der Waals surface area (Å²) < 4.78 is 16.5. The average molecular weight is 915 g/mol. The van der Waals surface area contributed by atoms with Crippen molar-refractivity contribution in [3.05, 3.63) is 0 Å². The van der Waals surface area contributed by atoms with Gasteiger partial charge in [0.2, 0.25) is 0 Å². The van der Waals surface area contributed by atoms with Crippen molar-refractivity contribution in [3.63, 3.8) is 0 Å². The van der Waals surface area contributed by atoms with E-state index in [-0.39, 0.29) is 170 Å². The second kappa shape index (κ2) is 29.7. The van der Waals surface area contributed by atoms with Crippen molar-refractivity contribution >= 4 is 44.1 Å². The molecule has 0 amide bonds. The number of hydrogen-bond acceptors (Lipinski definition) is 19. The Kier molecular flexibility index (Phi) is 26.1. The van der Waals surface area contributed by atoms with Crippen molar-refractivity contribution in [2.75, 3.05) is 177 Å². The van der Waals surface area contributed by atoms with Crippen LogP contribution in [0, 0.1) is 0 Å². The molecule has 2 saturated heterocycles. The van der Waals surface area contributed by atoms with Gasteiger partial charge in [-0.15, -0.1) is 9.42 Å². The van der Waals surface area contributed by atoms with Crippen LogP contribution in [0.2, 0.25) is 0 Å². The maximum Gasteiger partial charge on any atom is 0.696 e. The first kappa shape index (κ1) is 54.5. The second-order valence-corrected chi connectivity index (χ2v) is 16.2. The lowest BCUT2D eigenvalue weighted by atomic mass is 10.2. The van der Waals surface area contributed by atoms with Crippen molar-refractivity contribution in [2.45, 2.75) is 12.2 Å². The second-order valence-electron chi connectivity index (χ2n) is 15.5. The normalized spacial score (nSPS) is 20.5. The lowest BCUT2D eigenvalue weighted by Gasteiger charge is -2.35. The summed E-state index contributed by atoms with van der Waals surface area (Å²) in [6, 6.07) is 0. The fourth-order valence-corrected chi connectivity index (χ4v) is 7.50. The van der Waals surface area contributed by atoms with Crippen LogP contribution in [0.4, 0.5) is 0 Å². The molecule has 2 aliphatic heterocycles. The molecule has 2 aliphatic rings. The number of carboxylic acids is 6. The number of carboxylic acid groups (broad SMARTS) is 6. The van der Waals surface area contributed by atoms with Crippen LogP contribution in [0.15, 0.2) is 0 Å². The number of nitrogens with zero attached hydrogens (tertiary/aromatic N) is 9. The highest BCUT2D eigenvalue weighted by Gasteiger charge is 2.27. The number of aliphatic hydroxyl groups is 2. The Morgan fingerprint density at radius 1 is 0.419 bits per heavy atom. The van der Waals surface area contributed by atoms with Gasteiger partial charge in [0.25, 0.3) is 0 Å². The van der Waals surface area contributed by atoms with Gasteiger partial charge in [-0.05, 0) is 0 Å². The summed E-state index contributed by atoms with van der Waals surface area (Å²) in [4.78, 5) is 93.9. The SMILES string of the molecule is O=C(O)CN1CCN(CC(=O)O)CCN(CC(O)CN(CO[P+](=O)O)CC(O)CN2CCN(CC(=O)O)CCN(CC(=O)O)CCN(CC(=O)O)CC2)CCN(CC(=O)O)CC1. The zero-order valence-corrected chi connectivity index (χ0v) is 35.9. The number of rotatable bonds is 23. The molecule has 0 aromatic rings. The molecule has 9 N–H and O–H groups in total. The van der Waals surface area contributed by atoms with Gasteiger partial charge < -0.3 is 40.9 Å². The van der Waals surface area contributed by atoms with Gasteiger partial charge in [0.1, 0.15) is 0 Å². The van der Waals surface area contributed by atoms with E-state index in [4.69, 9.17) is 4.52 Å². The van der Waals surface area contributed by atoms with Crippen molar-refractivity contribution < 1.29 is 83.6 Å². The van der Waals surface area contributed by atoms with Crippen LogP contribution < -0.4 is 0 Å². The maximum absolute atomic E-state index is 11.7. The summed E-state index contributed by atoms with van der Waals surface area (Å²) in [7, 11) is -3.08. The number of hydrogen-bond donors (Lipinski definition) is 9. The summed E-state index contributed by atoms with van der Waals surface area (Å²) in [5.74, 6) is -6.54. The molecule has 27 heteroatoms. The van der Waals surface area contributed by atoms with Gasteiger partial charge >= 0.3 is 44.1 Å². The zero-order valence-electron chi connectivity index (χ0n) is 35.0. The fraction of sp³-hybridized carbons (Fsp3) is 0.829. The van der Waals surface area contributed by atoms with E-state index in [1.165, 1.54) is 4.90 Å². The van der Waals surface area contributed by atoms with Crippen LogP contribution >= 0.6 is 8.25 Å². The molecule has 0 aliphatic carbocycles. The fourth-order valence-electron chi connectivity index (χ4n) is 7.24. The molecule has 2 rings (SSSR count). The number of β-amino-alcohol motifs (C(OH)–C–C–N with tert-alkyl or cyclic N) is 2. The van der Waals surface area contributed by atoms with E-state index in [0.29, 0.717) is 0 Å². The molecular formula is C35H65N9O17P+. The molecule has 0 radical (unpaired) electrons. The molecular weight excluding hydrogens is 849 g/mol. The van der Waals surface area contributed by atoms with E-state index in [9.17, 15) is 79.1 Å². The Hall–Kier alpha value is -3.60. The Morgan fingerprint density at radius 3 is 0.790 bits per heavy atom. The summed E-state index contributed by atoms with van der Waals surface area (Å²) in [5.41, 5.74) is 0. The predicted molar refractivity (Wildman–Crippen MR) is 217 cm³/mol. The number of aliphatic hydroxyl groups excluding tert-OH is 2. The highest BCUT2D eigenvalue weighted by atomic mass is 31.1. The summed E-state index contributed by atoms with van der Waals surface area (Å²) in [5, 5.41) is 79.7. The van der Waals surface area contributed by atoms with Crippen LogP contribution in [-0.4, -0.2) is 315 Å². The lowest BCUT2D eigenvalue weighted by molar-refractivity contribution is -0.140. The molecule has 3 unspecified atom stereocenters. The van der Waals surface area contributed by atoms with Gasteiger partial charge in [-0.2, -0.15) is 0 Å². The first-order valence-electron chi connectivity index (χ1n) is 20.2. The minimum absolute atomic E-state index is 0.0142. The molecule has 0 bridgehead atoms. The average Bonchev–Trinajstić information content (AvgIpc) is 3.14. The monoisotopic (exact) mass is 914 g/mol. The standard InChI is InChI=1S/C35H64N9O17P/c45-28(17-36-1-5-38(21-30(47)48)9-13-42(25-34(55)56)14-10-39(6-2-36)22-31(49)50)19-44(27-61-62(59)60)20-29(46)18-37-3-7-40(23-32(51)52)11-15-43(26-35(57)58)16-12-41(8-4-37)24-33(53)54/h28-29,45-46H,1-27H2,(H6-,47,48,49,50,51,52,53,54,55,56,57,58,59,60)/p+1. The van der Waals surface area contributed by atoms with E-state index in [2.05, 4.69) is 0 Å². The van der Waals surface area contributed by atoms with Gasteiger partial charge in [0.15, 0.2) is 6.73 Å². The molecule has 3 atom stereocenters. The van der Waals surface area contributed by atoms with E-state index in [1.54, 1.807) is 29.4 Å². The summed E-state index contributed by atoms with van der Waals surface area (Å²) in [6.07, 6.45) is -2.34. The summed E-state index contributed by atoms with van der Waals surface area (Å²) >= 11 is 0. The molecule has 0 aromatic heterocycles. The Labute approximate surface area is 360 Å². The summed E-state index contributed by atoms with van der Waals surface area (Å²) in [6.45, 7) is 0.596. The van der Waals surface area contributed by atoms with Crippen LogP contribution in [0.5, 0.6) is 0 Å². The predicted octanol–water partition coefficient (Wildman–Crippen LogP) is -5.42. The van der Waals surface area contributed by atoms with Crippen molar-refractivity contribution in [1.29, 1.82) is 0 Å². The highest BCUT2D eigenvalue weighted by molar-refractivity contribution is 7.32. The van der Waals surface area contributed by atoms with E-state index >= 15 is 0 Å². The third-order valence-electron chi connectivity index (χ3n) is 10.2. The molecule has 62 heavy (non-hydrogen) atoms. The van der Waals surface area contributed by atoms with Crippen LogP contribution in [-0.2, 0) is 37.9 Å².